The van der Waals surface area contributed by atoms with Gasteiger partial charge in [0.2, 0.25) is 0 Å². The lowest BCUT2D eigenvalue weighted by Crippen LogP contribution is -2.47. The molecule has 1 atom stereocenters. The first kappa shape index (κ1) is 15.8. The van der Waals surface area contributed by atoms with Gasteiger partial charge in [-0.25, -0.2) is 4.79 Å². The summed E-state index contributed by atoms with van der Waals surface area (Å²) in [4.78, 5) is 26.8. The summed E-state index contributed by atoms with van der Waals surface area (Å²) in [5, 5.41) is 9.09. The number of carbonyl (C=O) groups excluding carboxylic acids is 1. The SMILES string of the molecule is CN(Cc1ccccc1Br)C(=O)N1CCC[C@@H](C(=O)O)C1. The maximum Gasteiger partial charge on any atom is 0.320 e. The molecule has 0 saturated carbocycles. The predicted octanol–water partition coefficient (Wildman–Crippen LogP) is 2.80. The highest BCUT2D eigenvalue weighted by molar-refractivity contribution is 9.10. The van der Waals surface area contributed by atoms with Crippen molar-refractivity contribution in [1.29, 1.82) is 0 Å². The molecule has 0 bridgehead atoms. The van der Waals surface area contributed by atoms with Crippen LogP contribution in [0, 0.1) is 5.92 Å². The lowest BCUT2D eigenvalue weighted by molar-refractivity contribution is -0.143. The topological polar surface area (TPSA) is 60.9 Å². The fourth-order valence-corrected chi connectivity index (χ4v) is 2.95. The number of benzene rings is 1. The molecule has 1 heterocycles. The van der Waals surface area contributed by atoms with Crippen molar-refractivity contribution in [3.63, 3.8) is 0 Å². The minimum atomic E-state index is -0.819. The van der Waals surface area contributed by atoms with Gasteiger partial charge in [0.25, 0.3) is 0 Å². The van der Waals surface area contributed by atoms with Crippen LogP contribution in [-0.2, 0) is 11.3 Å². The van der Waals surface area contributed by atoms with Crippen molar-refractivity contribution in [2.24, 2.45) is 5.92 Å². The molecule has 1 saturated heterocycles. The average molecular weight is 355 g/mol. The minimum Gasteiger partial charge on any atom is -0.481 e. The molecule has 1 aromatic carbocycles. The first-order valence-corrected chi connectivity index (χ1v) is 7.74. The number of piperidine rings is 1. The number of hydrogen-bond acceptors (Lipinski definition) is 2. The van der Waals surface area contributed by atoms with Gasteiger partial charge in [-0.3, -0.25) is 4.79 Å². The van der Waals surface area contributed by atoms with Crippen molar-refractivity contribution in [1.82, 2.24) is 9.80 Å². The fraction of sp³-hybridized carbons (Fsp3) is 0.467. The number of carboxylic acid groups (broad SMARTS) is 1. The summed E-state index contributed by atoms with van der Waals surface area (Å²) in [6, 6.07) is 7.65. The second-order valence-corrected chi connectivity index (χ2v) is 6.21. The second kappa shape index (κ2) is 6.93. The van der Waals surface area contributed by atoms with Gasteiger partial charge in [-0.05, 0) is 24.5 Å². The summed E-state index contributed by atoms with van der Waals surface area (Å²) in [7, 11) is 1.74. The molecule has 5 nitrogen and oxygen atoms in total. The average Bonchev–Trinajstić information content (AvgIpc) is 2.49. The number of nitrogens with zero attached hydrogens (tertiary/aromatic N) is 2. The van der Waals surface area contributed by atoms with E-state index in [1.165, 1.54) is 0 Å². The number of urea groups is 1. The standard InChI is InChI=1S/C15H19BrN2O3/c1-17(9-11-5-2-3-7-13(11)16)15(21)18-8-4-6-12(10-18)14(19)20/h2-3,5,7,12H,4,6,8-10H2,1H3,(H,19,20)/t12-/m1/s1. The van der Waals surface area contributed by atoms with Gasteiger partial charge in [-0.2, -0.15) is 0 Å². The molecular formula is C15H19BrN2O3. The van der Waals surface area contributed by atoms with E-state index in [1.807, 2.05) is 24.3 Å². The molecule has 0 aromatic heterocycles. The Hall–Kier alpha value is -1.56. The molecular weight excluding hydrogens is 336 g/mol. The summed E-state index contributed by atoms with van der Waals surface area (Å²) in [6.45, 7) is 1.42. The molecule has 0 radical (unpaired) electrons. The zero-order valence-electron chi connectivity index (χ0n) is 12.0. The maximum absolute atomic E-state index is 12.4. The van der Waals surface area contributed by atoms with E-state index >= 15 is 0 Å². The minimum absolute atomic E-state index is 0.114. The molecule has 0 aliphatic carbocycles. The molecule has 1 aliphatic heterocycles. The Bertz CT molecular complexity index is 535. The van der Waals surface area contributed by atoms with Crippen molar-refractivity contribution in [2.75, 3.05) is 20.1 Å². The maximum atomic E-state index is 12.4. The number of rotatable bonds is 3. The molecule has 1 fully saturated rings. The van der Waals surface area contributed by atoms with E-state index in [9.17, 15) is 9.59 Å². The van der Waals surface area contributed by atoms with Gasteiger partial charge < -0.3 is 14.9 Å². The zero-order valence-corrected chi connectivity index (χ0v) is 13.5. The van der Waals surface area contributed by atoms with Gasteiger partial charge in [0.05, 0.1) is 5.92 Å². The Balaban J connectivity index is 1.99. The third-order valence-corrected chi connectivity index (χ3v) is 4.51. The summed E-state index contributed by atoms with van der Waals surface area (Å²) in [6.07, 6.45) is 1.39. The Labute approximate surface area is 132 Å². The van der Waals surface area contributed by atoms with Crippen LogP contribution in [0.4, 0.5) is 4.79 Å². The van der Waals surface area contributed by atoms with Gasteiger partial charge in [0.15, 0.2) is 0 Å². The van der Waals surface area contributed by atoms with E-state index in [-0.39, 0.29) is 6.03 Å². The van der Waals surface area contributed by atoms with Crippen molar-refractivity contribution in [2.45, 2.75) is 19.4 Å². The van der Waals surface area contributed by atoms with E-state index in [1.54, 1.807) is 16.8 Å². The van der Waals surface area contributed by atoms with Crippen molar-refractivity contribution in [3.05, 3.63) is 34.3 Å². The number of amides is 2. The summed E-state index contributed by atoms with van der Waals surface area (Å²) >= 11 is 3.47. The molecule has 114 valence electrons. The molecule has 2 rings (SSSR count). The number of hydrogen-bond donors (Lipinski definition) is 1. The highest BCUT2D eigenvalue weighted by atomic mass is 79.9. The van der Waals surface area contributed by atoms with Crippen LogP contribution in [0.5, 0.6) is 0 Å². The van der Waals surface area contributed by atoms with Crippen molar-refractivity contribution < 1.29 is 14.7 Å². The van der Waals surface area contributed by atoms with Crippen LogP contribution in [0.25, 0.3) is 0 Å². The third kappa shape index (κ3) is 3.97. The molecule has 0 unspecified atom stereocenters. The fourth-order valence-electron chi connectivity index (χ4n) is 2.54. The summed E-state index contributed by atoms with van der Waals surface area (Å²) in [5.74, 6) is -1.26. The van der Waals surface area contributed by atoms with Crippen LogP contribution in [0.2, 0.25) is 0 Å². The quantitative estimate of drug-likeness (QED) is 0.907. The molecule has 2 amide bonds. The van der Waals surface area contributed by atoms with Gasteiger partial charge in [0.1, 0.15) is 0 Å². The van der Waals surface area contributed by atoms with E-state index in [0.717, 1.165) is 16.5 Å². The van der Waals surface area contributed by atoms with Crippen molar-refractivity contribution >= 4 is 27.9 Å². The molecule has 1 aromatic rings. The van der Waals surface area contributed by atoms with Crippen LogP contribution in [-0.4, -0.2) is 47.0 Å². The predicted molar refractivity (Wildman–Crippen MR) is 82.9 cm³/mol. The Morgan fingerprint density at radius 2 is 2.14 bits per heavy atom. The lowest BCUT2D eigenvalue weighted by Gasteiger charge is -2.33. The van der Waals surface area contributed by atoms with Crippen LogP contribution >= 0.6 is 15.9 Å². The molecule has 6 heteroatoms. The van der Waals surface area contributed by atoms with Crippen molar-refractivity contribution in [3.8, 4) is 0 Å². The number of halogens is 1. The monoisotopic (exact) mass is 354 g/mol. The first-order chi connectivity index (χ1) is 9.99. The number of carboxylic acids is 1. The van der Waals surface area contributed by atoms with E-state index < -0.39 is 11.9 Å². The summed E-state index contributed by atoms with van der Waals surface area (Å²) < 4.78 is 0.965. The number of aliphatic carboxylic acids is 1. The van der Waals surface area contributed by atoms with E-state index in [4.69, 9.17) is 5.11 Å². The van der Waals surface area contributed by atoms with Crippen LogP contribution in [0.15, 0.2) is 28.7 Å². The Morgan fingerprint density at radius 3 is 2.81 bits per heavy atom. The highest BCUT2D eigenvalue weighted by Gasteiger charge is 2.29. The largest absolute Gasteiger partial charge is 0.481 e. The number of likely N-dealkylation sites (tertiary alicyclic amines) is 1. The summed E-state index contributed by atoms with van der Waals surface area (Å²) in [5.41, 5.74) is 1.03. The van der Waals surface area contributed by atoms with Crippen LogP contribution in [0.3, 0.4) is 0 Å². The molecule has 1 aliphatic rings. The Kier molecular flexibility index (Phi) is 5.22. The van der Waals surface area contributed by atoms with Gasteiger partial charge in [0, 0.05) is 31.2 Å². The normalized spacial score (nSPS) is 18.4. The molecule has 0 spiro atoms. The highest BCUT2D eigenvalue weighted by Crippen LogP contribution is 2.20. The van der Waals surface area contributed by atoms with Crippen LogP contribution < -0.4 is 0 Å². The van der Waals surface area contributed by atoms with Gasteiger partial charge in [-0.15, -0.1) is 0 Å². The Morgan fingerprint density at radius 1 is 1.43 bits per heavy atom. The third-order valence-electron chi connectivity index (χ3n) is 3.73. The van der Waals surface area contributed by atoms with E-state index in [0.29, 0.717) is 26.1 Å². The zero-order chi connectivity index (χ0) is 15.4. The molecule has 1 N–H and O–H groups in total. The lowest BCUT2D eigenvalue weighted by atomic mass is 9.99. The first-order valence-electron chi connectivity index (χ1n) is 6.95. The smallest absolute Gasteiger partial charge is 0.320 e. The van der Waals surface area contributed by atoms with E-state index in [2.05, 4.69) is 15.9 Å². The van der Waals surface area contributed by atoms with Gasteiger partial charge in [-0.1, -0.05) is 34.1 Å². The second-order valence-electron chi connectivity index (χ2n) is 5.35. The molecule has 21 heavy (non-hydrogen) atoms. The van der Waals surface area contributed by atoms with Gasteiger partial charge >= 0.3 is 12.0 Å². The number of carbonyl (C=O) groups is 2. The van der Waals surface area contributed by atoms with Crippen LogP contribution in [0.1, 0.15) is 18.4 Å².